The van der Waals surface area contributed by atoms with Crippen molar-refractivity contribution in [2.24, 2.45) is 11.8 Å². The summed E-state index contributed by atoms with van der Waals surface area (Å²) in [6.07, 6.45) is 5.69. The second-order valence-corrected chi connectivity index (χ2v) is 9.09. The molecule has 0 aliphatic carbocycles. The molecule has 3 saturated heterocycles. The number of piperidine rings is 3. The van der Waals surface area contributed by atoms with E-state index in [1.165, 1.54) is 12.8 Å². The molecule has 3 aromatic rings. The second kappa shape index (κ2) is 8.42. The predicted octanol–water partition coefficient (Wildman–Crippen LogP) is 4.05. The minimum atomic E-state index is -0.0787. The first-order chi connectivity index (χ1) is 15.1. The molecule has 6 nitrogen and oxygen atoms in total. The number of benzene rings is 1. The maximum atomic E-state index is 13.1. The number of nitrogens with one attached hydrogen (secondary N) is 1. The summed E-state index contributed by atoms with van der Waals surface area (Å²) in [5.41, 5.74) is 2.91. The fourth-order valence-electron chi connectivity index (χ4n) is 5.64. The Balaban J connectivity index is 1.47. The molecule has 3 aliphatic heterocycles. The van der Waals surface area contributed by atoms with Crippen molar-refractivity contribution >= 4 is 16.8 Å². The van der Waals surface area contributed by atoms with Crippen LogP contribution in [-0.4, -0.2) is 40.1 Å². The highest BCUT2D eigenvalue weighted by Gasteiger charge is 2.43. The van der Waals surface area contributed by atoms with E-state index in [1.54, 1.807) is 0 Å². The smallest absolute Gasteiger partial charge is 0.228 e. The number of carbonyl (C=O) groups is 1. The molecule has 1 N–H and O–H groups in total. The summed E-state index contributed by atoms with van der Waals surface area (Å²) >= 11 is 0. The number of fused-ring (bicyclic) bond motifs is 4. The zero-order chi connectivity index (χ0) is 21.4. The summed E-state index contributed by atoms with van der Waals surface area (Å²) in [7, 11) is 0. The SMILES string of the molecule is CC[C@H]1CN2CC[C@H]1C[C@@H]2[C@H](NC(=O)Cc1cc(C)no1)c1ccnc2ccccc12. The number of amides is 1. The summed E-state index contributed by atoms with van der Waals surface area (Å²) in [6.45, 7) is 6.41. The third-order valence-corrected chi connectivity index (χ3v) is 7.19. The second-order valence-electron chi connectivity index (χ2n) is 9.09. The van der Waals surface area contributed by atoms with Crippen LogP contribution in [0.2, 0.25) is 0 Å². The van der Waals surface area contributed by atoms with Crippen molar-refractivity contribution in [3.8, 4) is 0 Å². The average molecular weight is 419 g/mol. The van der Waals surface area contributed by atoms with Crippen LogP contribution in [0, 0.1) is 18.8 Å². The number of aromatic nitrogens is 2. The number of aryl methyl sites for hydroxylation is 1. The molecular weight excluding hydrogens is 388 g/mol. The minimum Gasteiger partial charge on any atom is -0.361 e. The van der Waals surface area contributed by atoms with E-state index < -0.39 is 0 Å². The van der Waals surface area contributed by atoms with Gasteiger partial charge in [0.05, 0.1) is 23.7 Å². The molecule has 5 heterocycles. The lowest BCUT2D eigenvalue weighted by Gasteiger charge is -2.52. The van der Waals surface area contributed by atoms with E-state index in [9.17, 15) is 4.79 Å². The summed E-state index contributed by atoms with van der Waals surface area (Å²) in [6, 6.07) is 12.3. The van der Waals surface area contributed by atoms with Gasteiger partial charge in [-0.25, -0.2) is 0 Å². The number of para-hydroxylation sites is 1. The minimum absolute atomic E-state index is 0.0308. The van der Waals surface area contributed by atoms with Gasteiger partial charge in [-0.05, 0) is 55.8 Å². The molecule has 31 heavy (non-hydrogen) atoms. The van der Waals surface area contributed by atoms with Crippen molar-refractivity contribution in [3.63, 3.8) is 0 Å². The lowest BCUT2D eigenvalue weighted by molar-refractivity contribution is -0.122. The van der Waals surface area contributed by atoms with E-state index >= 15 is 0 Å². The molecule has 6 rings (SSSR count). The van der Waals surface area contributed by atoms with Crippen LogP contribution in [-0.2, 0) is 11.2 Å². The van der Waals surface area contributed by atoms with E-state index in [0.717, 1.165) is 53.5 Å². The first-order valence-electron chi connectivity index (χ1n) is 11.4. The van der Waals surface area contributed by atoms with Gasteiger partial charge >= 0.3 is 0 Å². The molecule has 3 fully saturated rings. The van der Waals surface area contributed by atoms with Crippen molar-refractivity contribution < 1.29 is 9.32 Å². The standard InChI is InChI=1S/C25H30N4O2/c1-3-17-15-29-11-9-18(17)13-23(29)25(27-24(30)14-19-12-16(2)28-31-19)21-8-10-26-22-7-5-4-6-20(21)22/h4-8,10,12,17-18,23,25H,3,9,11,13-15H2,1-2H3,(H,27,30)/t17-,18-,23+,25+/m0/s1. The lowest BCUT2D eigenvalue weighted by Crippen LogP contribution is -2.57. The van der Waals surface area contributed by atoms with Gasteiger partial charge in [-0.1, -0.05) is 36.7 Å². The molecule has 0 saturated carbocycles. The molecular formula is C25H30N4O2. The summed E-state index contributed by atoms with van der Waals surface area (Å²) in [5, 5.41) is 8.40. The van der Waals surface area contributed by atoms with Gasteiger partial charge in [0.2, 0.25) is 5.91 Å². The fourth-order valence-corrected chi connectivity index (χ4v) is 5.64. The Morgan fingerprint density at radius 2 is 2.19 bits per heavy atom. The Kier molecular flexibility index (Phi) is 5.48. The van der Waals surface area contributed by atoms with E-state index in [-0.39, 0.29) is 18.4 Å². The Morgan fingerprint density at radius 3 is 2.94 bits per heavy atom. The number of nitrogens with zero attached hydrogens (tertiary/aromatic N) is 3. The Labute approximate surface area is 183 Å². The number of rotatable bonds is 6. The van der Waals surface area contributed by atoms with Crippen LogP contribution in [0.5, 0.6) is 0 Å². The lowest BCUT2D eigenvalue weighted by atomic mass is 9.72. The molecule has 5 atom stereocenters. The fraction of sp³-hybridized carbons (Fsp3) is 0.480. The normalized spacial score (nSPS) is 26.1. The first kappa shape index (κ1) is 20.2. The van der Waals surface area contributed by atoms with Crippen LogP contribution in [0.3, 0.4) is 0 Å². The zero-order valence-corrected chi connectivity index (χ0v) is 18.3. The molecule has 2 aromatic heterocycles. The van der Waals surface area contributed by atoms with Crippen molar-refractivity contribution in [2.75, 3.05) is 13.1 Å². The van der Waals surface area contributed by atoms with Gasteiger partial charge in [-0.3, -0.25) is 14.7 Å². The van der Waals surface area contributed by atoms with Gasteiger partial charge < -0.3 is 9.84 Å². The molecule has 1 aromatic carbocycles. The number of hydrogen-bond acceptors (Lipinski definition) is 5. The van der Waals surface area contributed by atoms with Crippen LogP contribution < -0.4 is 5.32 Å². The molecule has 1 unspecified atom stereocenters. The molecule has 1 amide bonds. The summed E-state index contributed by atoms with van der Waals surface area (Å²) in [5.74, 6) is 2.08. The summed E-state index contributed by atoms with van der Waals surface area (Å²) < 4.78 is 5.28. The van der Waals surface area contributed by atoms with Gasteiger partial charge in [0.25, 0.3) is 0 Å². The molecule has 0 spiro atoms. The number of hydrogen-bond donors (Lipinski definition) is 1. The first-order valence-corrected chi connectivity index (χ1v) is 11.4. The molecule has 0 radical (unpaired) electrons. The van der Waals surface area contributed by atoms with Crippen molar-refractivity contribution in [2.45, 2.75) is 51.6 Å². The molecule has 6 heteroatoms. The van der Waals surface area contributed by atoms with Gasteiger partial charge in [-0.15, -0.1) is 0 Å². The quantitative estimate of drug-likeness (QED) is 0.654. The van der Waals surface area contributed by atoms with Crippen LogP contribution >= 0.6 is 0 Å². The highest BCUT2D eigenvalue weighted by atomic mass is 16.5. The summed E-state index contributed by atoms with van der Waals surface area (Å²) in [4.78, 5) is 20.2. The van der Waals surface area contributed by atoms with Crippen molar-refractivity contribution in [3.05, 3.63) is 59.6 Å². The Bertz CT molecular complexity index is 1070. The van der Waals surface area contributed by atoms with Gasteiger partial charge in [0, 0.05) is 30.2 Å². The predicted molar refractivity (Wildman–Crippen MR) is 119 cm³/mol. The number of pyridine rings is 1. The van der Waals surface area contributed by atoms with Crippen LogP contribution in [0.25, 0.3) is 10.9 Å². The zero-order valence-electron chi connectivity index (χ0n) is 18.3. The molecule has 3 aliphatic rings. The highest BCUT2D eigenvalue weighted by Crippen LogP contribution is 2.42. The maximum absolute atomic E-state index is 13.1. The van der Waals surface area contributed by atoms with Crippen LogP contribution in [0.1, 0.15) is 49.2 Å². The Morgan fingerprint density at radius 1 is 1.32 bits per heavy atom. The topological polar surface area (TPSA) is 71.3 Å². The van der Waals surface area contributed by atoms with Crippen LogP contribution in [0.4, 0.5) is 0 Å². The van der Waals surface area contributed by atoms with E-state index in [2.05, 4.69) is 39.4 Å². The van der Waals surface area contributed by atoms with Crippen molar-refractivity contribution in [1.29, 1.82) is 0 Å². The Hall–Kier alpha value is -2.73. The average Bonchev–Trinajstić information content (AvgIpc) is 3.21. The van der Waals surface area contributed by atoms with Crippen molar-refractivity contribution in [1.82, 2.24) is 20.4 Å². The van der Waals surface area contributed by atoms with Crippen LogP contribution in [0.15, 0.2) is 47.1 Å². The monoisotopic (exact) mass is 418 g/mol. The molecule has 162 valence electrons. The van der Waals surface area contributed by atoms with Gasteiger partial charge in [-0.2, -0.15) is 0 Å². The molecule has 2 bridgehead atoms. The van der Waals surface area contributed by atoms with E-state index in [0.29, 0.717) is 11.8 Å². The van der Waals surface area contributed by atoms with E-state index in [1.807, 2.05) is 37.4 Å². The largest absolute Gasteiger partial charge is 0.361 e. The number of carbonyl (C=O) groups excluding carboxylic acids is 1. The van der Waals surface area contributed by atoms with Gasteiger partial charge in [0.15, 0.2) is 0 Å². The third kappa shape index (κ3) is 3.97. The highest BCUT2D eigenvalue weighted by molar-refractivity contribution is 5.84. The maximum Gasteiger partial charge on any atom is 0.228 e. The third-order valence-electron chi connectivity index (χ3n) is 7.19. The van der Waals surface area contributed by atoms with Gasteiger partial charge in [0.1, 0.15) is 5.76 Å². The van der Waals surface area contributed by atoms with E-state index in [4.69, 9.17) is 4.52 Å².